The number of nitrogens with one attached hydrogen (secondary N) is 2. The van der Waals surface area contributed by atoms with Gasteiger partial charge in [0.2, 0.25) is 0 Å². The average Bonchev–Trinajstić information content (AvgIpc) is 2.63. The van der Waals surface area contributed by atoms with Gasteiger partial charge in [-0.25, -0.2) is 8.42 Å². The molecular formula is C18H18ClN5O2S. The molecule has 0 aliphatic carbocycles. The lowest BCUT2D eigenvalue weighted by atomic mass is 10.3. The van der Waals surface area contributed by atoms with Crippen molar-refractivity contribution in [3.8, 4) is 0 Å². The van der Waals surface area contributed by atoms with E-state index in [0.717, 1.165) is 11.4 Å². The maximum Gasteiger partial charge on any atom is 0.261 e. The van der Waals surface area contributed by atoms with E-state index >= 15 is 0 Å². The smallest absolute Gasteiger partial charge is 0.261 e. The predicted molar refractivity (Wildman–Crippen MR) is 108 cm³/mol. The largest absolute Gasteiger partial charge is 0.376 e. The number of nitrogens with zero attached hydrogens (tertiary/aromatic N) is 3. The monoisotopic (exact) mass is 403 g/mol. The van der Waals surface area contributed by atoms with Gasteiger partial charge in [0.25, 0.3) is 10.0 Å². The SMILES string of the molecule is CN(C)c1cnnc(Nc2ccc(NS(=O)(=O)c3cccc(Cl)c3)cc2)c1. The second-order valence-corrected chi connectivity index (χ2v) is 8.08. The van der Waals surface area contributed by atoms with E-state index in [0.29, 0.717) is 16.5 Å². The van der Waals surface area contributed by atoms with Crippen LogP contribution in [-0.4, -0.2) is 32.7 Å². The van der Waals surface area contributed by atoms with Gasteiger partial charge in [-0.05, 0) is 42.5 Å². The molecule has 0 saturated carbocycles. The second kappa shape index (κ2) is 7.81. The van der Waals surface area contributed by atoms with Crippen molar-refractivity contribution in [2.24, 2.45) is 0 Å². The molecule has 9 heteroatoms. The Morgan fingerprint density at radius 2 is 1.70 bits per heavy atom. The zero-order valence-corrected chi connectivity index (χ0v) is 16.3. The molecule has 0 bridgehead atoms. The maximum absolute atomic E-state index is 12.4. The molecule has 1 aromatic heterocycles. The summed E-state index contributed by atoms with van der Waals surface area (Å²) < 4.78 is 27.4. The molecule has 3 rings (SSSR count). The Hall–Kier alpha value is -2.84. The van der Waals surface area contributed by atoms with Gasteiger partial charge in [-0.2, -0.15) is 5.10 Å². The summed E-state index contributed by atoms with van der Waals surface area (Å²) in [5.41, 5.74) is 2.11. The van der Waals surface area contributed by atoms with Crippen molar-refractivity contribution in [2.45, 2.75) is 4.90 Å². The van der Waals surface area contributed by atoms with Crippen LogP contribution in [0.2, 0.25) is 5.02 Å². The van der Waals surface area contributed by atoms with Crippen molar-refractivity contribution in [1.29, 1.82) is 0 Å². The first-order chi connectivity index (χ1) is 12.8. The highest BCUT2D eigenvalue weighted by Crippen LogP contribution is 2.22. The van der Waals surface area contributed by atoms with Crippen molar-refractivity contribution >= 4 is 44.5 Å². The van der Waals surface area contributed by atoms with Gasteiger partial charge in [-0.3, -0.25) is 4.72 Å². The summed E-state index contributed by atoms with van der Waals surface area (Å²) in [7, 11) is 0.131. The maximum atomic E-state index is 12.4. The van der Waals surface area contributed by atoms with Crippen LogP contribution in [0, 0.1) is 0 Å². The summed E-state index contributed by atoms with van der Waals surface area (Å²) >= 11 is 5.87. The number of hydrogen-bond donors (Lipinski definition) is 2. The molecule has 0 saturated heterocycles. The lowest BCUT2D eigenvalue weighted by molar-refractivity contribution is 0.601. The number of halogens is 1. The molecule has 0 unspecified atom stereocenters. The molecule has 1 heterocycles. The van der Waals surface area contributed by atoms with E-state index < -0.39 is 10.0 Å². The number of anilines is 4. The van der Waals surface area contributed by atoms with Gasteiger partial charge in [0.05, 0.1) is 16.8 Å². The van der Waals surface area contributed by atoms with Crippen molar-refractivity contribution < 1.29 is 8.42 Å². The Morgan fingerprint density at radius 3 is 2.37 bits per heavy atom. The summed E-state index contributed by atoms with van der Waals surface area (Å²) in [5, 5.41) is 11.5. The molecule has 2 N–H and O–H groups in total. The summed E-state index contributed by atoms with van der Waals surface area (Å²) in [4.78, 5) is 2.03. The third-order valence-electron chi connectivity index (χ3n) is 3.67. The van der Waals surface area contributed by atoms with Crippen molar-refractivity contribution in [3.05, 3.63) is 65.8 Å². The zero-order valence-electron chi connectivity index (χ0n) is 14.7. The Morgan fingerprint density at radius 1 is 1.00 bits per heavy atom. The molecule has 0 aliphatic heterocycles. The molecule has 3 aromatic rings. The lowest BCUT2D eigenvalue weighted by Gasteiger charge is -2.13. The molecule has 0 amide bonds. The third kappa shape index (κ3) is 4.87. The van der Waals surface area contributed by atoms with Crippen LogP contribution in [0.4, 0.5) is 22.9 Å². The quantitative estimate of drug-likeness (QED) is 0.651. The Bertz CT molecular complexity index is 1040. The van der Waals surface area contributed by atoms with Crippen molar-refractivity contribution in [1.82, 2.24) is 10.2 Å². The van der Waals surface area contributed by atoms with Crippen LogP contribution in [0.3, 0.4) is 0 Å². The fourth-order valence-corrected chi connectivity index (χ4v) is 3.64. The number of benzene rings is 2. The van der Waals surface area contributed by atoms with Crippen LogP contribution < -0.4 is 14.9 Å². The van der Waals surface area contributed by atoms with Crippen LogP contribution in [-0.2, 0) is 10.0 Å². The highest BCUT2D eigenvalue weighted by atomic mass is 35.5. The van der Waals surface area contributed by atoms with E-state index in [9.17, 15) is 8.42 Å². The van der Waals surface area contributed by atoms with Gasteiger partial charge >= 0.3 is 0 Å². The minimum Gasteiger partial charge on any atom is -0.376 e. The summed E-state index contributed by atoms with van der Waals surface area (Å²) in [6, 6.07) is 14.8. The van der Waals surface area contributed by atoms with Crippen LogP contribution in [0.25, 0.3) is 0 Å². The van der Waals surface area contributed by atoms with Crippen LogP contribution in [0.5, 0.6) is 0 Å². The number of sulfonamides is 1. The molecule has 0 radical (unpaired) electrons. The molecule has 0 aliphatic rings. The van der Waals surface area contributed by atoms with E-state index in [1.54, 1.807) is 42.6 Å². The van der Waals surface area contributed by atoms with Crippen LogP contribution >= 0.6 is 11.6 Å². The molecule has 0 spiro atoms. The topological polar surface area (TPSA) is 87.2 Å². The standard InChI is InChI=1S/C18H18ClN5O2S/c1-24(2)16-11-18(22-20-12-16)21-14-6-8-15(9-7-14)23-27(25,26)17-5-3-4-13(19)10-17/h3-12,23H,1-2H3,(H,21,22). The average molecular weight is 404 g/mol. The van der Waals surface area contributed by atoms with Gasteiger partial charge in [0.15, 0.2) is 5.82 Å². The van der Waals surface area contributed by atoms with E-state index in [1.807, 2.05) is 25.1 Å². The Kier molecular flexibility index (Phi) is 5.48. The number of aromatic nitrogens is 2. The minimum absolute atomic E-state index is 0.105. The van der Waals surface area contributed by atoms with E-state index in [1.165, 1.54) is 12.1 Å². The van der Waals surface area contributed by atoms with Crippen molar-refractivity contribution in [3.63, 3.8) is 0 Å². The molecule has 7 nitrogen and oxygen atoms in total. The summed E-state index contributed by atoms with van der Waals surface area (Å²) in [5.74, 6) is 0.591. The second-order valence-electron chi connectivity index (χ2n) is 5.96. The van der Waals surface area contributed by atoms with Gasteiger partial charge in [0, 0.05) is 36.6 Å². The fraction of sp³-hybridized carbons (Fsp3) is 0.111. The molecule has 2 aromatic carbocycles. The van der Waals surface area contributed by atoms with Crippen LogP contribution in [0.1, 0.15) is 0 Å². The normalized spacial score (nSPS) is 11.1. The molecule has 0 atom stereocenters. The first kappa shape index (κ1) is 18.9. The first-order valence-electron chi connectivity index (χ1n) is 7.99. The zero-order chi connectivity index (χ0) is 19.4. The van der Waals surface area contributed by atoms with Gasteiger partial charge < -0.3 is 10.2 Å². The Labute approximate surface area is 163 Å². The molecule has 140 valence electrons. The lowest BCUT2D eigenvalue weighted by Crippen LogP contribution is -2.12. The molecule has 27 heavy (non-hydrogen) atoms. The fourth-order valence-electron chi connectivity index (χ4n) is 2.28. The summed E-state index contributed by atoms with van der Waals surface area (Å²) in [6.07, 6.45) is 1.67. The highest BCUT2D eigenvalue weighted by molar-refractivity contribution is 7.92. The van der Waals surface area contributed by atoms with E-state index in [-0.39, 0.29) is 4.90 Å². The highest BCUT2D eigenvalue weighted by Gasteiger charge is 2.14. The van der Waals surface area contributed by atoms with Crippen molar-refractivity contribution in [2.75, 3.05) is 29.0 Å². The minimum atomic E-state index is -3.71. The molecule has 0 fully saturated rings. The van der Waals surface area contributed by atoms with Crippen LogP contribution in [0.15, 0.2) is 65.7 Å². The number of hydrogen-bond acceptors (Lipinski definition) is 6. The van der Waals surface area contributed by atoms with E-state index in [2.05, 4.69) is 20.2 Å². The third-order valence-corrected chi connectivity index (χ3v) is 5.29. The number of rotatable bonds is 6. The van der Waals surface area contributed by atoms with Gasteiger partial charge in [0.1, 0.15) is 0 Å². The summed E-state index contributed by atoms with van der Waals surface area (Å²) in [6.45, 7) is 0. The Balaban J connectivity index is 1.73. The van der Waals surface area contributed by atoms with Gasteiger partial charge in [-0.1, -0.05) is 17.7 Å². The molecular weight excluding hydrogens is 386 g/mol. The van der Waals surface area contributed by atoms with E-state index in [4.69, 9.17) is 11.6 Å². The van der Waals surface area contributed by atoms with Gasteiger partial charge in [-0.15, -0.1) is 5.10 Å². The predicted octanol–water partition coefficient (Wildman–Crippen LogP) is 3.74. The first-order valence-corrected chi connectivity index (χ1v) is 9.85.